The molecule has 4 nitrogen and oxygen atoms in total. The van der Waals surface area contributed by atoms with Gasteiger partial charge in [0.15, 0.2) is 0 Å². The molecule has 1 heterocycles. The summed E-state index contributed by atoms with van der Waals surface area (Å²) in [7, 11) is 0. The number of carbonyl (C=O) groups is 1. The first-order valence-electron chi connectivity index (χ1n) is 9.93. The minimum Gasteiger partial charge on any atom is -0.356 e. The second-order valence-corrected chi connectivity index (χ2v) is 7.75. The molecule has 1 aliphatic carbocycles. The second-order valence-electron chi connectivity index (χ2n) is 7.75. The lowest BCUT2D eigenvalue weighted by Crippen LogP contribution is -2.27. The lowest BCUT2D eigenvalue weighted by atomic mass is 9.86. The Kier molecular flexibility index (Phi) is 6.12. The molecule has 3 rings (SSSR count). The maximum atomic E-state index is 12.3. The van der Waals surface area contributed by atoms with Crippen molar-refractivity contribution in [2.75, 3.05) is 6.54 Å². The molecule has 1 saturated carbocycles. The molecule has 1 fully saturated rings. The number of aromatic amines is 1. The average Bonchev–Trinajstić information content (AvgIpc) is 2.65. The molecule has 0 aliphatic heterocycles. The van der Waals surface area contributed by atoms with E-state index in [9.17, 15) is 9.59 Å². The first-order valence-corrected chi connectivity index (χ1v) is 9.93. The van der Waals surface area contributed by atoms with Crippen molar-refractivity contribution in [2.45, 2.75) is 65.2 Å². The largest absolute Gasteiger partial charge is 0.356 e. The summed E-state index contributed by atoms with van der Waals surface area (Å²) in [5.41, 5.74) is 3.82. The predicted octanol–water partition coefficient (Wildman–Crippen LogP) is 4.16. The number of nitrogens with one attached hydrogen (secondary N) is 2. The van der Waals surface area contributed by atoms with Gasteiger partial charge in [0.1, 0.15) is 0 Å². The van der Waals surface area contributed by atoms with Gasteiger partial charge in [-0.05, 0) is 49.8 Å². The zero-order valence-corrected chi connectivity index (χ0v) is 16.0. The van der Waals surface area contributed by atoms with Gasteiger partial charge in [-0.25, -0.2) is 0 Å². The maximum absolute atomic E-state index is 12.3. The van der Waals surface area contributed by atoms with E-state index in [1.807, 2.05) is 19.1 Å². The highest BCUT2D eigenvalue weighted by molar-refractivity contribution is 5.85. The van der Waals surface area contributed by atoms with E-state index in [1.54, 1.807) is 0 Å². The van der Waals surface area contributed by atoms with Crippen LogP contribution in [0.5, 0.6) is 0 Å². The van der Waals surface area contributed by atoms with Crippen molar-refractivity contribution in [3.8, 4) is 0 Å². The highest BCUT2D eigenvalue weighted by Gasteiger charge is 2.14. The first-order chi connectivity index (χ1) is 12.5. The fraction of sp³-hybridized carbons (Fsp3) is 0.545. The number of carbonyl (C=O) groups excluding carboxylic acids is 1. The predicted molar refractivity (Wildman–Crippen MR) is 107 cm³/mol. The number of benzene rings is 1. The summed E-state index contributed by atoms with van der Waals surface area (Å²) in [4.78, 5) is 27.4. The average molecular weight is 354 g/mol. The second kappa shape index (κ2) is 8.52. The minimum absolute atomic E-state index is 0.0531. The van der Waals surface area contributed by atoms with E-state index in [1.165, 1.54) is 32.1 Å². The number of aryl methyl sites for hydroxylation is 2. The standard InChI is InChI=1S/C22H30N2O2/c1-15-8-9-16(2)21-19(15)14-18(22(26)24-21)12-13-23-20(25)11-10-17-6-4-3-5-7-17/h8-9,14,17H,3-7,10-13H2,1-2H3,(H,23,25)(H,24,26). The summed E-state index contributed by atoms with van der Waals surface area (Å²) in [5.74, 6) is 0.837. The highest BCUT2D eigenvalue weighted by Crippen LogP contribution is 2.27. The Morgan fingerprint density at radius 1 is 1.15 bits per heavy atom. The Morgan fingerprint density at radius 2 is 1.88 bits per heavy atom. The molecule has 0 spiro atoms. The summed E-state index contributed by atoms with van der Waals surface area (Å²) < 4.78 is 0. The van der Waals surface area contributed by atoms with Crippen LogP contribution in [-0.4, -0.2) is 17.4 Å². The van der Waals surface area contributed by atoms with Crippen molar-refractivity contribution in [2.24, 2.45) is 5.92 Å². The normalized spacial score (nSPS) is 15.3. The molecule has 0 bridgehead atoms. The third kappa shape index (κ3) is 4.54. The van der Waals surface area contributed by atoms with Crippen molar-refractivity contribution >= 4 is 16.8 Å². The molecule has 1 amide bonds. The molecule has 140 valence electrons. The van der Waals surface area contributed by atoms with Crippen LogP contribution in [0.4, 0.5) is 0 Å². The molecule has 0 unspecified atom stereocenters. The van der Waals surface area contributed by atoms with E-state index in [0.29, 0.717) is 19.4 Å². The number of H-pyrrole nitrogens is 1. The lowest BCUT2D eigenvalue weighted by Gasteiger charge is -2.20. The SMILES string of the molecule is Cc1ccc(C)c2[nH]c(=O)c(CCNC(=O)CCC3CCCCC3)cc12. The summed E-state index contributed by atoms with van der Waals surface area (Å²) in [6.45, 7) is 4.57. The van der Waals surface area contributed by atoms with Gasteiger partial charge in [-0.3, -0.25) is 9.59 Å². The van der Waals surface area contributed by atoms with Crippen LogP contribution in [0.15, 0.2) is 23.0 Å². The number of aromatic nitrogens is 1. The van der Waals surface area contributed by atoms with Gasteiger partial charge in [0.2, 0.25) is 5.91 Å². The van der Waals surface area contributed by atoms with E-state index in [0.717, 1.165) is 39.9 Å². The summed E-state index contributed by atoms with van der Waals surface area (Å²) in [6, 6.07) is 6.08. The Bertz CT molecular complexity index is 832. The van der Waals surface area contributed by atoms with Gasteiger partial charge in [-0.2, -0.15) is 0 Å². The van der Waals surface area contributed by atoms with Gasteiger partial charge < -0.3 is 10.3 Å². The molecular weight excluding hydrogens is 324 g/mol. The van der Waals surface area contributed by atoms with Gasteiger partial charge in [-0.15, -0.1) is 0 Å². The minimum atomic E-state index is -0.0531. The van der Waals surface area contributed by atoms with Crippen LogP contribution in [0, 0.1) is 19.8 Å². The van der Waals surface area contributed by atoms with E-state index < -0.39 is 0 Å². The molecule has 2 aromatic rings. The molecule has 0 saturated heterocycles. The number of pyridine rings is 1. The van der Waals surface area contributed by atoms with Crippen LogP contribution in [0.3, 0.4) is 0 Å². The number of hydrogen-bond donors (Lipinski definition) is 2. The smallest absolute Gasteiger partial charge is 0.251 e. The fourth-order valence-corrected chi connectivity index (χ4v) is 4.04. The zero-order valence-electron chi connectivity index (χ0n) is 16.0. The Morgan fingerprint density at radius 3 is 2.65 bits per heavy atom. The highest BCUT2D eigenvalue weighted by atomic mass is 16.1. The zero-order chi connectivity index (χ0) is 18.5. The van der Waals surface area contributed by atoms with Crippen LogP contribution in [0.1, 0.15) is 61.6 Å². The monoisotopic (exact) mass is 354 g/mol. The molecule has 0 atom stereocenters. The number of hydrogen-bond acceptors (Lipinski definition) is 2. The Hall–Kier alpha value is -2.10. The van der Waals surface area contributed by atoms with Gasteiger partial charge >= 0.3 is 0 Å². The lowest BCUT2D eigenvalue weighted by molar-refractivity contribution is -0.121. The molecule has 1 aliphatic rings. The summed E-state index contributed by atoms with van der Waals surface area (Å²) in [6.07, 6.45) is 8.70. The van der Waals surface area contributed by atoms with Crippen molar-refractivity contribution < 1.29 is 4.79 Å². The van der Waals surface area contributed by atoms with Gasteiger partial charge in [0.25, 0.3) is 5.56 Å². The summed E-state index contributed by atoms with van der Waals surface area (Å²) >= 11 is 0. The van der Waals surface area contributed by atoms with Crippen LogP contribution in [-0.2, 0) is 11.2 Å². The van der Waals surface area contributed by atoms with E-state index >= 15 is 0 Å². The van der Waals surface area contributed by atoms with Crippen molar-refractivity contribution in [3.05, 3.63) is 45.2 Å². The number of rotatable bonds is 6. The van der Waals surface area contributed by atoms with Crippen LogP contribution in [0.2, 0.25) is 0 Å². The van der Waals surface area contributed by atoms with Gasteiger partial charge in [0.05, 0.1) is 5.52 Å². The third-order valence-electron chi connectivity index (χ3n) is 5.74. The molecule has 1 aromatic carbocycles. The fourth-order valence-electron chi connectivity index (χ4n) is 4.04. The Labute approximate surface area is 155 Å². The molecule has 2 N–H and O–H groups in total. The van der Waals surface area contributed by atoms with Crippen LogP contribution >= 0.6 is 0 Å². The molecule has 1 aromatic heterocycles. The van der Waals surface area contributed by atoms with Crippen LogP contribution in [0.25, 0.3) is 10.9 Å². The Balaban J connectivity index is 1.54. The van der Waals surface area contributed by atoms with Crippen molar-refractivity contribution in [1.29, 1.82) is 0 Å². The van der Waals surface area contributed by atoms with Crippen molar-refractivity contribution in [1.82, 2.24) is 10.3 Å². The molecular formula is C22H30N2O2. The van der Waals surface area contributed by atoms with E-state index in [4.69, 9.17) is 0 Å². The maximum Gasteiger partial charge on any atom is 0.251 e. The first kappa shape index (κ1) is 18.7. The molecule has 4 heteroatoms. The number of fused-ring (bicyclic) bond motifs is 1. The number of amides is 1. The van der Waals surface area contributed by atoms with E-state index in [-0.39, 0.29) is 11.5 Å². The van der Waals surface area contributed by atoms with Gasteiger partial charge in [-0.1, -0.05) is 44.2 Å². The summed E-state index contributed by atoms with van der Waals surface area (Å²) in [5, 5.41) is 4.07. The van der Waals surface area contributed by atoms with Crippen LogP contribution < -0.4 is 10.9 Å². The molecule has 26 heavy (non-hydrogen) atoms. The molecule has 0 radical (unpaired) electrons. The van der Waals surface area contributed by atoms with Crippen molar-refractivity contribution in [3.63, 3.8) is 0 Å². The quantitative estimate of drug-likeness (QED) is 0.818. The van der Waals surface area contributed by atoms with Gasteiger partial charge in [0, 0.05) is 23.9 Å². The topological polar surface area (TPSA) is 62.0 Å². The van der Waals surface area contributed by atoms with E-state index in [2.05, 4.69) is 23.3 Å². The third-order valence-corrected chi connectivity index (χ3v) is 5.74.